The maximum absolute atomic E-state index is 8.60. The molecule has 2 aliphatic carbocycles. The molecule has 0 unspecified atom stereocenters. The predicted octanol–water partition coefficient (Wildman–Crippen LogP) is 3.93. The fourth-order valence-corrected chi connectivity index (χ4v) is 10.9. The fourth-order valence-electron chi connectivity index (χ4n) is 5.79. The van der Waals surface area contributed by atoms with Crippen LogP contribution < -0.4 is 45.8 Å². The van der Waals surface area contributed by atoms with Gasteiger partial charge in [-0.3, -0.25) is 0 Å². The number of rotatable bonds is 6. The van der Waals surface area contributed by atoms with Crippen molar-refractivity contribution in [1.82, 2.24) is 0 Å². The Hall–Kier alpha value is -3.72. The minimum Gasteiger partial charge on any atom is -0.184 e. The normalized spacial score (nSPS) is 12.5. The van der Waals surface area contributed by atoms with E-state index >= 15 is 0 Å². The molecule has 0 atom stereocenters. The Morgan fingerprint density at radius 3 is 0.745 bits per heavy atom. The number of allylic oxidation sites excluding steroid dienone is 4. The molecule has 261 valence electrons. The van der Waals surface area contributed by atoms with Crippen LogP contribution in [0.1, 0.15) is 6.42 Å². The standard InChI is InChI=1S/2C18H15P.C7H7.ClHO4.Rh/c2*1-4-10-16(11-5-1)19(17-12-6-2-7-13-17)18-14-8-3-9-15-18;1-2-7-4-3-6(1)5-7;2-1(3,4)5;/h2*1-15H;1-4,6H,5H2;(H,2,3,4,5);/q;;-1;;/p+2. The molecule has 4 nitrogen and oxygen atoms in total. The Morgan fingerprint density at radius 1 is 0.431 bits per heavy atom. The van der Waals surface area contributed by atoms with Crippen LogP contribution in [0.15, 0.2) is 206 Å². The van der Waals surface area contributed by atoms with E-state index in [4.69, 9.17) is 18.6 Å². The van der Waals surface area contributed by atoms with E-state index in [0.29, 0.717) is 0 Å². The van der Waals surface area contributed by atoms with Gasteiger partial charge in [0.05, 0.1) is 30.7 Å². The third-order valence-electron chi connectivity index (χ3n) is 7.96. The zero-order valence-electron chi connectivity index (χ0n) is 27.8. The minimum atomic E-state index is -4.69. The molecule has 2 aliphatic rings. The molecule has 2 bridgehead atoms. The summed E-state index contributed by atoms with van der Waals surface area (Å²) in [5, 5.41) is 8.61. The summed E-state index contributed by atoms with van der Waals surface area (Å²) in [7, 11) is -6.45. The van der Waals surface area contributed by atoms with Crippen LogP contribution in [0.5, 0.6) is 0 Å². The van der Waals surface area contributed by atoms with Crippen LogP contribution in [0.25, 0.3) is 0 Å². The van der Waals surface area contributed by atoms with Crippen molar-refractivity contribution in [2.24, 2.45) is 5.92 Å². The van der Waals surface area contributed by atoms with Crippen LogP contribution in [0.3, 0.4) is 0 Å². The van der Waals surface area contributed by atoms with Crippen LogP contribution >= 0.6 is 15.8 Å². The van der Waals surface area contributed by atoms with Gasteiger partial charge < -0.3 is 0 Å². The second kappa shape index (κ2) is 21.0. The molecule has 0 amide bonds. The number of hydrogen-bond acceptors (Lipinski definition) is 4. The van der Waals surface area contributed by atoms with Gasteiger partial charge in [0.25, 0.3) is 0 Å². The number of fused-ring (bicyclic) bond motifs is 2. The molecular weight excluding hydrogens is 781 g/mol. The third-order valence-corrected chi connectivity index (χ3v) is 13.4. The van der Waals surface area contributed by atoms with Crippen molar-refractivity contribution < 1.29 is 48.4 Å². The summed E-state index contributed by atoms with van der Waals surface area (Å²) in [6, 6.07) is 65.0. The van der Waals surface area contributed by atoms with E-state index in [1.807, 2.05) is 0 Å². The SMILES string of the molecule is C1=CC2C=C[C-]1C2.[O-][Cl+3]([O-])([O-])O.[Rh].c1ccc([PH+](c2ccccc2)c2ccccc2)cc1.c1ccc([PH+](c2ccccc2)c2ccccc2)cc1. The first kappa shape index (κ1) is 40.1. The Labute approximate surface area is 318 Å². The number of hydrogen-bond donors (Lipinski definition) is 1. The first-order valence-corrected chi connectivity index (χ1v) is 20.5. The van der Waals surface area contributed by atoms with E-state index in [1.54, 1.807) is 0 Å². The Kier molecular flexibility index (Phi) is 16.5. The molecule has 0 aromatic heterocycles. The summed E-state index contributed by atoms with van der Waals surface area (Å²) in [4.78, 5) is 0. The van der Waals surface area contributed by atoms with E-state index in [-0.39, 0.29) is 19.5 Å². The fraction of sp³-hybridized carbons (Fsp3) is 0.0465. The van der Waals surface area contributed by atoms with Crippen molar-refractivity contribution in [1.29, 1.82) is 0 Å². The smallest absolute Gasteiger partial charge is 0.102 e. The first-order chi connectivity index (χ1) is 24.3. The van der Waals surface area contributed by atoms with Gasteiger partial charge in [0.2, 0.25) is 0 Å². The summed E-state index contributed by atoms with van der Waals surface area (Å²) in [5.41, 5.74) is 0. The zero-order chi connectivity index (χ0) is 35.0. The monoisotopic (exact) mass is 820 g/mol. The summed E-state index contributed by atoms with van der Waals surface area (Å²) >= 11 is 0. The molecule has 8 heteroatoms. The van der Waals surface area contributed by atoms with Gasteiger partial charge >= 0.3 is 0 Å². The van der Waals surface area contributed by atoms with Gasteiger partial charge in [0, 0.05) is 19.5 Å². The van der Waals surface area contributed by atoms with Crippen LogP contribution in [-0.2, 0) is 19.5 Å². The molecule has 0 saturated heterocycles. The zero-order valence-corrected chi connectivity index (χ0v) is 32.2. The number of halogens is 1. The molecule has 0 fully saturated rings. The van der Waals surface area contributed by atoms with Crippen molar-refractivity contribution in [2.45, 2.75) is 6.42 Å². The largest absolute Gasteiger partial charge is 0.184 e. The average Bonchev–Trinajstić information content (AvgIpc) is 3.82. The van der Waals surface area contributed by atoms with Gasteiger partial charge in [-0.1, -0.05) is 116 Å². The van der Waals surface area contributed by atoms with E-state index < -0.39 is 26.1 Å². The first-order valence-electron chi connectivity index (χ1n) is 16.3. The van der Waals surface area contributed by atoms with Gasteiger partial charge in [-0.15, -0.1) is 5.92 Å². The second-order valence-corrected chi connectivity index (χ2v) is 17.3. The Morgan fingerprint density at radius 2 is 0.627 bits per heavy atom. The van der Waals surface area contributed by atoms with Gasteiger partial charge in [-0.2, -0.15) is 44.2 Å². The molecule has 0 aliphatic heterocycles. The molecular formula is C43H40ClO4P2Rh+. The molecule has 6 aromatic carbocycles. The molecule has 0 saturated carbocycles. The maximum Gasteiger partial charge on any atom is 0.102 e. The maximum atomic E-state index is 8.60. The van der Waals surface area contributed by atoms with Crippen LogP contribution in [0.2, 0.25) is 0 Å². The van der Waals surface area contributed by atoms with E-state index in [9.17, 15) is 0 Å². The van der Waals surface area contributed by atoms with Gasteiger partial charge in [0.1, 0.15) is 31.8 Å². The quantitative estimate of drug-likeness (QED) is 0.157. The van der Waals surface area contributed by atoms with Crippen molar-refractivity contribution in [3.63, 3.8) is 0 Å². The van der Waals surface area contributed by atoms with Crippen molar-refractivity contribution in [2.75, 3.05) is 0 Å². The Balaban J connectivity index is 0.000000171. The summed E-state index contributed by atoms with van der Waals surface area (Å²) in [5.74, 6) is 2.28. The molecule has 1 radical (unpaired) electrons. The molecule has 0 spiro atoms. The van der Waals surface area contributed by atoms with Crippen molar-refractivity contribution >= 4 is 47.7 Å². The van der Waals surface area contributed by atoms with Crippen molar-refractivity contribution in [3.8, 4) is 0 Å². The Bertz CT molecular complexity index is 1540. The topological polar surface area (TPSA) is 89.4 Å². The van der Waals surface area contributed by atoms with E-state index in [0.717, 1.165) is 5.92 Å². The molecule has 51 heavy (non-hydrogen) atoms. The van der Waals surface area contributed by atoms with E-state index in [2.05, 4.69) is 206 Å². The minimum absolute atomic E-state index is 0. The molecule has 6 aromatic rings. The summed E-state index contributed by atoms with van der Waals surface area (Å²) in [6.45, 7) is 0. The molecule has 0 heterocycles. The van der Waals surface area contributed by atoms with E-state index in [1.165, 1.54) is 44.2 Å². The predicted molar refractivity (Wildman–Crippen MR) is 205 cm³/mol. The second-order valence-electron chi connectivity index (χ2n) is 11.5. The molecule has 1 N–H and O–H groups in total. The van der Waals surface area contributed by atoms with Gasteiger partial charge in [-0.05, 0) is 72.8 Å². The van der Waals surface area contributed by atoms with Crippen LogP contribution in [0, 0.1) is 22.1 Å². The third kappa shape index (κ3) is 13.4. The van der Waals surface area contributed by atoms with Crippen LogP contribution in [0.4, 0.5) is 0 Å². The van der Waals surface area contributed by atoms with Gasteiger partial charge in [-0.25, -0.2) is 0 Å². The average molecular weight is 821 g/mol. The van der Waals surface area contributed by atoms with Crippen molar-refractivity contribution in [3.05, 3.63) is 212 Å². The molecule has 8 rings (SSSR count). The summed E-state index contributed by atoms with van der Waals surface area (Å²) in [6.07, 6.45) is 10.2. The number of benzene rings is 6. The van der Waals surface area contributed by atoms with Gasteiger partial charge in [0.15, 0.2) is 0 Å². The van der Waals surface area contributed by atoms with Crippen LogP contribution in [-0.4, -0.2) is 4.66 Å². The summed E-state index contributed by atoms with van der Waals surface area (Å²) < 4.78 is 32.7.